The molecule has 1 aromatic rings. The molecule has 0 aliphatic carbocycles. The van der Waals surface area contributed by atoms with Gasteiger partial charge in [-0.05, 0) is 46.7 Å². The zero-order chi connectivity index (χ0) is 12.3. The first kappa shape index (κ1) is 12.6. The fraction of sp³-hybridized carbons (Fsp3) is 0.769. The van der Waals surface area contributed by atoms with Gasteiger partial charge in [-0.25, -0.2) is 0 Å². The summed E-state index contributed by atoms with van der Waals surface area (Å²) < 4.78 is 5.16. The van der Waals surface area contributed by atoms with E-state index in [1.165, 1.54) is 31.5 Å². The Labute approximate surface area is 103 Å². The van der Waals surface area contributed by atoms with Gasteiger partial charge in [0.15, 0.2) is 0 Å². The van der Waals surface area contributed by atoms with Crippen molar-refractivity contribution in [1.29, 1.82) is 0 Å². The molecule has 0 saturated carbocycles. The van der Waals surface area contributed by atoms with Gasteiger partial charge in [0.25, 0.3) is 0 Å². The predicted octanol–water partition coefficient (Wildman–Crippen LogP) is 1.87. The van der Waals surface area contributed by atoms with Crippen LogP contribution in [0.4, 0.5) is 0 Å². The molecule has 1 atom stereocenters. The maximum absolute atomic E-state index is 5.16. The third-order valence-electron chi connectivity index (χ3n) is 3.54. The Morgan fingerprint density at radius 3 is 2.65 bits per heavy atom. The maximum atomic E-state index is 5.16. The van der Waals surface area contributed by atoms with Crippen LogP contribution in [0.15, 0.2) is 4.52 Å². The van der Waals surface area contributed by atoms with Gasteiger partial charge in [-0.3, -0.25) is 0 Å². The number of hydrogen-bond acceptors (Lipinski definition) is 4. The van der Waals surface area contributed by atoms with Crippen LogP contribution in [0.5, 0.6) is 0 Å². The van der Waals surface area contributed by atoms with E-state index in [-0.39, 0.29) is 0 Å². The molecule has 1 N–H and O–H groups in total. The van der Waals surface area contributed by atoms with E-state index in [0.29, 0.717) is 6.04 Å². The highest BCUT2D eigenvalue weighted by Crippen LogP contribution is 2.12. The van der Waals surface area contributed by atoms with Gasteiger partial charge < -0.3 is 14.7 Å². The maximum Gasteiger partial charge on any atom is 0.138 e. The van der Waals surface area contributed by atoms with Crippen LogP contribution in [0.25, 0.3) is 0 Å². The predicted molar refractivity (Wildman–Crippen MR) is 68.0 cm³/mol. The molecule has 0 amide bonds. The number of rotatable bonds is 5. The van der Waals surface area contributed by atoms with Crippen molar-refractivity contribution in [1.82, 2.24) is 15.4 Å². The van der Waals surface area contributed by atoms with Crippen molar-refractivity contribution in [2.75, 3.05) is 19.6 Å². The lowest BCUT2D eigenvalue weighted by Crippen LogP contribution is -2.37. The number of hydrogen-bond donors (Lipinski definition) is 1. The third-order valence-corrected chi connectivity index (χ3v) is 3.54. The Kier molecular flexibility index (Phi) is 4.18. The Balaban J connectivity index is 1.77. The molecule has 1 aliphatic rings. The number of aromatic nitrogens is 1. The quantitative estimate of drug-likeness (QED) is 0.849. The average Bonchev–Trinajstić information content (AvgIpc) is 2.88. The normalized spacial score (nSPS) is 18.8. The second-order valence-corrected chi connectivity index (χ2v) is 5.09. The van der Waals surface area contributed by atoms with Crippen LogP contribution in [0.2, 0.25) is 0 Å². The molecule has 0 bridgehead atoms. The van der Waals surface area contributed by atoms with Crippen LogP contribution < -0.4 is 5.32 Å². The van der Waals surface area contributed by atoms with Crippen LogP contribution >= 0.6 is 0 Å². The van der Waals surface area contributed by atoms with Crippen molar-refractivity contribution >= 4 is 0 Å². The van der Waals surface area contributed by atoms with Crippen molar-refractivity contribution in [2.24, 2.45) is 0 Å². The van der Waals surface area contributed by atoms with Gasteiger partial charge in [0.1, 0.15) is 5.76 Å². The standard InChI is InChI=1S/C13H23N3O/c1-10(9-16-6-4-5-7-16)14-8-13-11(2)15-17-12(13)3/h10,14H,4-9H2,1-3H3. The summed E-state index contributed by atoms with van der Waals surface area (Å²) >= 11 is 0. The van der Waals surface area contributed by atoms with Gasteiger partial charge >= 0.3 is 0 Å². The molecule has 17 heavy (non-hydrogen) atoms. The van der Waals surface area contributed by atoms with Gasteiger partial charge in [-0.1, -0.05) is 5.16 Å². The monoisotopic (exact) mass is 237 g/mol. The Morgan fingerprint density at radius 2 is 2.06 bits per heavy atom. The molecule has 1 unspecified atom stereocenters. The molecule has 2 heterocycles. The second kappa shape index (κ2) is 5.65. The molecular weight excluding hydrogens is 214 g/mol. The first-order valence-electron chi connectivity index (χ1n) is 6.54. The molecule has 96 valence electrons. The van der Waals surface area contributed by atoms with E-state index in [1.807, 2.05) is 13.8 Å². The SMILES string of the molecule is Cc1noc(C)c1CNC(C)CN1CCCC1. The molecule has 0 spiro atoms. The summed E-state index contributed by atoms with van der Waals surface area (Å²) in [6.45, 7) is 10.7. The fourth-order valence-electron chi connectivity index (χ4n) is 2.45. The van der Waals surface area contributed by atoms with E-state index in [0.717, 1.165) is 24.5 Å². The first-order chi connectivity index (χ1) is 8.16. The lowest BCUT2D eigenvalue weighted by atomic mass is 10.2. The molecular formula is C13H23N3O. The van der Waals surface area contributed by atoms with E-state index < -0.39 is 0 Å². The molecule has 1 fully saturated rings. The average molecular weight is 237 g/mol. The van der Waals surface area contributed by atoms with Gasteiger partial charge in [0.05, 0.1) is 5.69 Å². The summed E-state index contributed by atoms with van der Waals surface area (Å²) in [5.41, 5.74) is 2.21. The number of nitrogens with zero attached hydrogens (tertiary/aromatic N) is 2. The number of nitrogens with one attached hydrogen (secondary N) is 1. The summed E-state index contributed by atoms with van der Waals surface area (Å²) in [6.07, 6.45) is 2.72. The molecule has 1 aromatic heterocycles. The van der Waals surface area contributed by atoms with E-state index in [4.69, 9.17) is 4.52 Å². The largest absolute Gasteiger partial charge is 0.361 e. The van der Waals surface area contributed by atoms with Crippen LogP contribution in [0, 0.1) is 13.8 Å². The molecule has 1 saturated heterocycles. The van der Waals surface area contributed by atoms with E-state index in [9.17, 15) is 0 Å². The van der Waals surface area contributed by atoms with Gasteiger partial charge in [0.2, 0.25) is 0 Å². The van der Waals surface area contributed by atoms with E-state index in [1.54, 1.807) is 0 Å². The molecule has 1 aliphatic heterocycles. The molecule has 0 aromatic carbocycles. The minimum Gasteiger partial charge on any atom is -0.361 e. The Bertz CT molecular complexity index is 336. The molecule has 4 nitrogen and oxygen atoms in total. The minimum atomic E-state index is 0.516. The zero-order valence-electron chi connectivity index (χ0n) is 11.1. The fourth-order valence-corrected chi connectivity index (χ4v) is 2.45. The lowest BCUT2D eigenvalue weighted by Gasteiger charge is -2.21. The third kappa shape index (κ3) is 3.30. The molecule has 4 heteroatoms. The smallest absolute Gasteiger partial charge is 0.138 e. The van der Waals surface area contributed by atoms with E-state index in [2.05, 4.69) is 22.3 Å². The van der Waals surface area contributed by atoms with Crippen molar-refractivity contribution in [3.8, 4) is 0 Å². The second-order valence-electron chi connectivity index (χ2n) is 5.09. The highest BCUT2D eigenvalue weighted by Gasteiger charge is 2.15. The van der Waals surface area contributed by atoms with Crippen molar-refractivity contribution < 1.29 is 4.52 Å². The van der Waals surface area contributed by atoms with E-state index >= 15 is 0 Å². The Morgan fingerprint density at radius 1 is 1.35 bits per heavy atom. The summed E-state index contributed by atoms with van der Waals surface area (Å²) in [5.74, 6) is 0.934. The number of aryl methyl sites for hydroxylation is 2. The van der Waals surface area contributed by atoms with Crippen molar-refractivity contribution in [3.05, 3.63) is 17.0 Å². The van der Waals surface area contributed by atoms with Crippen LogP contribution in [0.1, 0.15) is 36.8 Å². The van der Waals surface area contributed by atoms with Crippen molar-refractivity contribution in [2.45, 2.75) is 46.2 Å². The topological polar surface area (TPSA) is 41.3 Å². The summed E-state index contributed by atoms with van der Waals surface area (Å²) in [5, 5.41) is 7.52. The highest BCUT2D eigenvalue weighted by atomic mass is 16.5. The van der Waals surface area contributed by atoms with Gasteiger partial charge in [-0.15, -0.1) is 0 Å². The summed E-state index contributed by atoms with van der Waals surface area (Å²) in [4.78, 5) is 2.53. The lowest BCUT2D eigenvalue weighted by molar-refractivity contribution is 0.298. The molecule has 2 rings (SSSR count). The van der Waals surface area contributed by atoms with Gasteiger partial charge in [-0.2, -0.15) is 0 Å². The first-order valence-corrected chi connectivity index (χ1v) is 6.54. The zero-order valence-corrected chi connectivity index (χ0v) is 11.1. The van der Waals surface area contributed by atoms with Crippen LogP contribution in [0.3, 0.4) is 0 Å². The number of likely N-dealkylation sites (tertiary alicyclic amines) is 1. The highest BCUT2D eigenvalue weighted by molar-refractivity contribution is 5.20. The van der Waals surface area contributed by atoms with Crippen LogP contribution in [-0.4, -0.2) is 35.7 Å². The Hall–Kier alpha value is -0.870. The van der Waals surface area contributed by atoms with Crippen molar-refractivity contribution in [3.63, 3.8) is 0 Å². The summed E-state index contributed by atoms with van der Waals surface area (Å²) in [7, 11) is 0. The molecule has 0 radical (unpaired) electrons. The van der Waals surface area contributed by atoms with Gasteiger partial charge in [0, 0.05) is 24.7 Å². The summed E-state index contributed by atoms with van der Waals surface area (Å²) in [6, 6.07) is 0.516. The van der Waals surface area contributed by atoms with Crippen LogP contribution in [-0.2, 0) is 6.54 Å². The minimum absolute atomic E-state index is 0.516.